The Kier molecular flexibility index (Phi) is 7.07. The quantitative estimate of drug-likeness (QED) is 0.708. The van der Waals surface area contributed by atoms with E-state index >= 15 is 0 Å². The van der Waals surface area contributed by atoms with Gasteiger partial charge in [-0.1, -0.05) is 30.3 Å². The van der Waals surface area contributed by atoms with Crippen molar-refractivity contribution in [3.63, 3.8) is 0 Å². The average molecular weight is 372 g/mol. The zero-order valence-electron chi connectivity index (χ0n) is 16.6. The van der Waals surface area contributed by atoms with Gasteiger partial charge in [0.1, 0.15) is 0 Å². The summed E-state index contributed by atoms with van der Waals surface area (Å²) in [6, 6.07) is 13.4. The molecule has 0 saturated carbocycles. The summed E-state index contributed by atoms with van der Waals surface area (Å²) in [6.45, 7) is 5.29. The number of hydrogen-bond acceptors (Lipinski definition) is 5. The smallest absolute Gasteiger partial charge is 0.251 e. The predicted molar refractivity (Wildman–Crippen MR) is 106 cm³/mol. The van der Waals surface area contributed by atoms with Gasteiger partial charge in [0.25, 0.3) is 5.91 Å². The number of carbonyl (C=O) groups excluding carboxylic acids is 1. The van der Waals surface area contributed by atoms with Crippen LogP contribution in [0.25, 0.3) is 0 Å². The van der Waals surface area contributed by atoms with Crippen LogP contribution >= 0.6 is 0 Å². The average Bonchev–Trinajstić information content (AvgIpc) is 2.70. The Bertz CT molecular complexity index is 735. The minimum absolute atomic E-state index is 0.205. The van der Waals surface area contributed by atoms with E-state index < -0.39 is 0 Å². The zero-order chi connectivity index (χ0) is 19.9. The van der Waals surface area contributed by atoms with Crippen LogP contribution in [0.3, 0.4) is 0 Å². The van der Waals surface area contributed by atoms with Crippen molar-refractivity contribution in [1.82, 2.24) is 10.6 Å². The largest absolute Gasteiger partial charge is 0.493 e. The molecule has 0 heterocycles. The highest BCUT2D eigenvalue weighted by molar-refractivity contribution is 5.95. The van der Waals surface area contributed by atoms with Gasteiger partial charge in [0.15, 0.2) is 11.5 Å². The first kappa shape index (κ1) is 20.6. The maximum Gasteiger partial charge on any atom is 0.251 e. The lowest BCUT2D eigenvalue weighted by Crippen LogP contribution is -2.48. The van der Waals surface area contributed by atoms with Crippen LogP contribution < -0.4 is 24.8 Å². The van der Waals surface area contributed by atoms with Gasteiger partial charge in [0.2, 0.25) is 5.75 Å². The fraction of sp³-hybridized carbons (Fsp3) is 0.381. The number of methoxy groups -OCH3 is 3. The highest BCUT2D eigenvalue weighted by Gasteiger charge is 2.21. The van der Waals surface area contributed by atoms with E-state index in [1.807, 2.05) is 32.0 Å². The number of amides is 1. The number of hydrogen-bond donors (Lipinski definition) is 2. The lowest BCUT2D eigenvalue weighted by atomic mass is 10.0. The molecule has 0 unspecified atom stereocenters. The molecule has 0 aromatic heterocycles. The van der Waals surface area contributed by atoms with E-state index in [1.165, 1.54) is 26.9 Å². The number of ether oxygens (including phenoxy) is 3. The summed E-state index contributed by atoms with van der Waals surface area (Å²) in [7, 11) is 4.58. The van der Waals surface area contributed by atoms with Gasteiger partial charge >= 0.3 is 0 Å². The van der Waals surface area contributed by atoms with Gasteiger partial charge in [-0.2, -0.15) is 0 Å². The molecule has 0 aliphatic carbocycles. The van der Waals surface area contributed by atoms with Crippen molar-refractivity contribution in [2.45, 2.75) is 25.9 Å². The van der Waals surface area contributed by atoms with E-state index in [1.54, 1.807) is 12.1 Å². The molecule has 0 atom stereocenters. The molecule has 27 heavy (non-hydrogen) atoms. The summed E-state index contributed by atoms with van der Waals surface area (Å²) in [6.07, 6.45) is 0. The molecule has 0 spiro atoms. The van der Waals surface area contributed by atoms with Crippen LogP contribution in [0.5, 0.6) is 17.2 Å². The Balaban J connectivity index is 2.01. The standard InChI is InChI=1S/C21H28N2O4/c1-21(2,23-13-15-9-7-6-8-10-15)14-22-20(24)16-11-17(25-3)19(27-5)18(12-16)26-4/h6-12,23H,13-14H2,1-5H3,(H,22,24). The maximum absolute atomic E-state index is 12.6. The third kappa shape index (κ3) is 5.62. The Labute approximate surface area is 160 Å². The van der Waals surface area contributed by atoms with Gasteiger partial charge in [-0.25, -0.2) is 0 Å². The van der Waals surface area contributed by atoms with Gasteiger partial charge in [-0.3, -0.25) is 4.79 Å². The molecule has 0 aliphatic heterocycles. The molecule has 2 aromatic carbocycles. The SMILES string of the molecule is COc1cc(C(=O)NCC(C)(C)NCc2ccccc2)cc(OC)c1OC. The Morgan fingerprint density at radius 2 is 1.56 bits per heavy atom. The molecule has 1 amide bonds. The van der Waals surface area contributed by atoms with Crippen LogP contribution in [0.2, 0.25) is 0 Å². The molecule has 2 N–H and O–H groups in total. The highest BCUT2D eigenvalue weighted by atomic mass is 16.5. The lowest BCUT2D eigenvalue weighted by Gasteiger charge is -2.27. The van der Waals surface area contributed by atoms with E-state index in [2.05, 4.69) is 22.8 Å². The predicted octanol–water partition coefficient (Wildman–Crippen LogP) is 3.01. The molecular weight excluding hydrogens is 344 g/mol. The van der Waals surface area contributed by atoms with Crippen LogP contribution in [0, 0.1) is 0 Å². The minimum Gasteiger partial charge on any atom is -0.493 e. The first-order chi connectivity index (χ1) is 12.9. The molecule has 0 aliphatic rings. The summed E-state index contributed by atoms with van der Waals surface area (Å²) >= 11 is 0. The first-order valence-electron chi connectivity index (χ1n) is 8.77. The minimum atomic E-state index is -0.272. The van der Waals surface area contributed by atoms with Gasteiger partial charge in [0, 0.05) is 24.2 Å². The second-order valence-electron chi connectivity index (χ2n) is 6.82. The molecular formula is C21H28N2O4. The fourth-order valence-electron chi connectivity index (χ4n) is 2.62. The summed E-state index contributed by atoms with van der Waals surface area (Å²) in [5, 5.41) is 6.42. The van der Waals surface area contributed by atoms with Gasteiger partial charge in [-0.05, 0) is 31.5 Å². The van der Waals surface area contributed by atoms with E-state index in [9.17, 15) is 4.79 Å². The molecule has 6 heteroatoms. The van der Waals surface area contributed by atoms with Crippen molar-refractivity contribution in [3.8, 4) is 17.2 Å². The molecule has 0 radical (unpaired) electrons. The van der Waals surface area contributed by atoms with E-state index in [4.69, 9.17) is 14.2 Å². The molecule has 0 bridgehead atoms. The van der Waals surface area contributed by atoms with Gasteiger partial charge in [0.05, 0.1) is 21.3 Å². The monoisotopic (exact) mass is 372 g/mol. The number of nitrogens with one attached hydrogen (secondary N) is 2. The summed E-state index contributed by atoms with van der Waals surface area (Å²) < 4.78 is 15.9. The molecule has 0 saturated heterocycles. The van der Waals surface area contributed by atoms with E-state index in [0.29, 0.717) is 29.4 Å². The van der Waals surface area contributed by atoms with Crippen molar-refractivity contribution in [2.75, 3.05) is 27.9 Å². The molecule has 6 nitrogen and oxygen atoms in total. The topological polar surface area (TPSA) is 68.8 Å². The summed E-state index contributed by atoms with van der Waals surface area (Å²) in [5.74, 6) is 1.15. The van der Waals surface area contributed by atoms with Gasteiger partial charge in [-0.15, -0.1) is 0 Å². The number of carbonyl (C=O) groups is 1. The number of rotatable bonds is 9. The maximum atomic E-state index is 12.6. The second-order valence-corrected chi connectivity index (χ2v) is 6.82. The van der Waals surface area contributed by atoms with E-state index in [0.717, 1.165) is 6.54 Å². The molecule has 0 fully saturated rings. The van der Waals surface area contributed by atoms with Crippen molar-refractivity contribution in [3.05, 3.63) is 53.6 Å². The fourth-order valence-corrected chi connectivity index (χ4v) is 2.62. The Hall–Kier alpha value is -2.73. The normalized spacial score (nSPS) is 11.0. The van der Waals surface area contributed by atoms with Crippen LogP contribution in [-0.4, -0.2) is 39.3 Å². The first-order valence-corrected chi connectivity index (χ1v) is 8.77. The Morgan fingerprint density at radius 3 is 2.07 bits per heavy atom. The van der Waals surface area contributed by atoms with Crippen molar-refractivity contribution < 1.29 is 19.0 Å². The highest BCUT2D eigenvalue weighted by Crippen LogP contribution is 2.38. The van der Waals surface area contributed by atoms with E-state index in [-0.39, 0.29) is 11.4 Å². The molecule has 2 aromatic rings. The second kappa shape index (κ2) is 9.28. The van der Waals surface area contributed by atoms with Crippen LogP contribution in [-0.2, 0) is 6.54 Å². The third-order valence-electron chi connectivity index (χ3n) is 4.23. The third-order valence-corrected chi connectivity index (χ3v) is 4.23. The van der Waals surface area contributed by atoms with Crippen LogP contribution in [0.15, 0.2) is 42.5 Å². The zero-order valence-corrected chi connectivity index (χ0v) is 16.6. The van der Waals surface area contributed by atoms with Crippen molar-refractivity contribution >= 4 is 5.91 Å². The van der Waals surface area contributed by atoms with Crippen molar-refractivity contribution in [1.29, 1.82) is 0 Å². The number of benzene rings is 2. The Morgan fingerprint density at radius 1 is 0.963 bits per heavy atom. The summed E-state index contributed by atoms with van der Waals surface area (Å²) in [4.78, 5) is 12.6. The van der Waals surface area contributed by atoms with Crippen LogP contribution in [0.1, 0.15) is 29.8 Å². The van der Waals surface area contributed by atoms with Gasteiger partial charge < -0.3 is 24.8 Å². The molecule has 2 rings (SSSR count). The molecule has 146 valence electrons. The summed E-state index contributed by atoms with van der Waals surface area (Å²) in [5.41, 5.74) is 1.37. The van der Waals surface area contributed by atoms with Crippen molar-refractivity contribution in [2.24, 2.45) is 0 Å². The lowest BCUT2D eigenvalue weighted by molar-refractivity contribution is 0.0941. The van der Waals surface area contributed by atoms with Crippen LogP contribution in [0.4, 0.5) is 0 Å².